The average molecular weight is 297 g/mol. The monoisotopic (exact) mass is 296 g/mol. The summed E-state index contributed by atoms with van der Waals surface area (Å²) in [5, 5.41) is 3.41. The van der Waals surface area contributed by atoms with Gasteiger partial charge in [0.15, 0.2) is 0 Å². The number of nitrogens with one attached hydrogen (secondary N) is 1. The Balaban J connectivity index is 0.00000147. The summed E-state index contributed by atoms with van der Waals surface area (Å²) in [6.07, 6.45) is 4.88. The largest absolute Gasteiger partial charge is 0.493 e. The third kappa shape index (κ3) is 3.66. The molecule has 1 aromatic carbocycles. The molecule has 112 valence electrons. The first-order valence-corrected chi connectivity index (χ1v) is 7.49. The molecular formula is C16H25ClN2O. The third-order valence-corrected chi connectivity index (χ3v) is 4.38. The molecule has 0 radical (unpaired) electrons. The number of fused-ring (bicyclic) bond motifs is 1. The fourth-order valence-corrected chi connectivity index (χ4v) is 3.18. The van der Waals surface area contributed by atoms with E-state index in [-0.39, 0.29) is 12.4 Å². The zero-order valence-electron chi connectivity index (χ0n) is 12.2. The molecule has 0 saturated carbocycles. The minimum absolute atomic E-state index is 0. The van der Waals surface area contributed by atoms with Gasteiger partial charge in [-0.1, -0.05) is 12.1 Å². The minimum atomic E-state index is 0. The molecule has 0 spiro atoms. The Bertz CT molecular complexity index is 438. The standard InChI is InChI=1S/C16H24N2O.ClH/c1-17-15-3-2-8-18(12-15)9-6-13-4-5-16-14(11-13)7-10-19-16;/h4-5,11,15,17H,2-3,6-10,12H2,1H3;1H. The van der Waals surface area contributed by atoms with E-state index in [1.165, 1.54) is 43.6 Å². The number of rotatable bonds is 4. The summed E-state index contributed by atoms with van der Waals surface area (Å²) >= 11 is 0. The second kappa shape index (κ2) is 7.30. The summed E-state index contributed by atoms with van der Waals surface area (Å²) in [5.41, 5.74) is 2.85. The molecule has 2 aliphatic heterocycles. The van der Waals surface area contributed by atoms with E-state index in [9.17, 15) is 0 Å². The van der Waals surface area contributed by atoms with Crippen LogP contribution in [-0.4, -0.2) is 44.2 Å². The Morgan fingerprint density at radius 2 is 2.30 bits per heavy atom. The first-order chi connectivity index (χ1) is 9.35. The Morgan fingerprint density at radius 3 is 3.15 bits per heavy atom. The van der Waals surface area contributed by atoms with Crippen molar-refractivity contribution in [2.24, 2.45) is 0 Å². The van der Waals surface area contributed by atoms with Crippen molar-refractivity contribution < 1.29 is 4.74 Å². The third-order valence-electron chi connectivity index (χ3n) is 4.38. The lowest BCUT2D eigenvalue weighted by Gasteiger charge is -2.32. The normalized spacial score (nSPS) is 21.9. The number of likely N-dealkylation sites (N-methyl/N-ethyl adjacent to an activating group) is 1. The van der Waals surface area contributed by atoms with Crippen molar-refractivity contribution in [3.8, 4) is 5.75 Å². The molecule has 1 saturated heterocycles. The number of nitrogens with zero attached hydrogens (tertiary/aromatic N) is 1. The van der Waals surface area contributed by atoms with Crippen molar-refractivity contribution in [2.75, 3.05) is 33.3 Å². The summed E-state index contributed by atoms with van der Waals surface area (Å²) in [4.78, 5) is 2.59. The minimum Gasteiger partial charge on any atom is -0.493 e. The highest BCUT2D eigenvalue weighted by Crippen LogP contribution is 2.26. The molecule has 1 fully saturated rings. The summed E-state index contributed by atoms with van der Waals surface area (Å²) < 4.78 is 5.56. The molecule has 4 heteroatoms. The molecular weight excluding hydrogens is 272 g/mol. The number of likely N-dealkylation sites (tertiary alicyclic amines) is 1. The van der Waals surface area contributed by atoms with E-state index < -0.39 is 0 Å². The predicted octanol–water partition coefficient (Wildman–Crippen LogP) is 2.27. The van der Waals surface area contributed by atoms with Crippen molar-refractivity contribution in [1.29, 1.82) is 0 Å². The Kier molecular flexibility index (Phi) is 5.70. The van der Waals surface area contributed by atoms with Crippen molar-refractivity contribution >= 4 is 12.4 Å². The number of ether oxygens (including phenoxy) is 1. The maximum atomic E-state index is 5.56. The molecule has 1 aromatic rings. The van der Waals surface area contributed by atoms with Crippen LogP contribution in [0.5, 0.6) is 5.75 Å². The van der Waals surface area contributed by atoms with Crippen molar-refractivity contribution in [2.45, 2.75) is 31.7 Å². The highest BCUT2D eigenvalue weighted by atomic mass is 35.5. The summed E-state index contributed by atoms with van der Waals surface area (Å²) in [5.74, 6) is 1.09. The van der Waals surface area contributed by atoms with Crippen LogP contribution in [0.25, 0.3) is 0 Å². The van der Waals surface area contributed by atoms with Crippen LogP contribution in [0.2, 0.25) is 0 Å². The van der Waals surface area contributed by atoms with E-state index in [4.69, 9.17) is 4.74 Å². The van der Waals surface area contributed by atoms with Gasteiger partial charge >= 0.3 is 0 Å². The molecule has 2 aliphatic rings. The average Bonchev–Trinajstić information content (AvgIpc) is 2.93. The predicted molar refractivity (Wildman–Crippen MR) is 85.1 cm³/mol. The lowest BCUT2D eigenvalue weighted by atomic mass is 10.0. The maximum Gasteiger partial charge on any atom is 0.122 e. The smallest absolute Gasteiger partial charge is 0.122 e. The molecule has 0 amide bonds. The molecule has 0 aromatic heterocycles. The van der Waals surface area contributed by atoms with E-state index in [0.717, 1.165) is 25.2 Å². The molecule has 1 unspecified atom stereocenters. The number of hydrogen-bond donors (Lipinski definition) is 1. The van der Waals surface area contributed by atoms with Gasteiger partial charge in [0.2, 0.25) is 0 Å². The van der Waals surface area contributed by atoms with Gasteiger partial charge in [-0.2, -0.15) is 0 Å². The van der Waals surface area contributed by atoms with Crippen LogP contribution in [0.3, 0.4) is 0 Å². The number of hydrogen-bond acceptors (Lipinski definition) is 3. The van der Waals surface area contributed by atoms with Crippen LogP contribution in [-0.2, 0) is 12.8 Å². The number of piperidine rings is 1. The van der Waals surface area contributed by atoms with Crippen LogP contribution >= 0.6 is 12.4 Å². The summed E-state index contributed by atoms with van der Waals surface area (Å²) in [7, 11) is 2.08. The highest BCUT2D eigenvalue weighted by molar-refractivity contribution is 5.85. The number of halogens is 1. The second-order valence-corrected chi connectivity index (χ2v) is 5.72. The van der Waals surface area contributed by atoms with E-state index >= 15 is 0 Å². The van der Waals surface area contributed by atoms with Crippen molar-refractivity contribution in [3.63, 3.8) is 0 Å². The molecule has 20 heavy (non-hydrogen) atoms. The second-order valence-electron chi connectivity index (χ2n) is 5.72. The van der Waals surface area contributed by atoms with Gasteiger partial charge in [0.1, 0.15) is 5.75 Å². The van der Waals surface area contributed by atoms with Gasteiger partial charge in [-0.3, -0.25) is 0 Å². The molecule has 2 heterocycles. The Labute approximate surface area is 128 Å². The van der Waals surface area contributed by atoms with Crippen LogP contribution in [0, 0.1) is 0 Å². The van der Waals surface area contributed by atoms with Gasteiger partial charge in [-0.05, 0) is 50.0 Å². The fourth-order valence-electron chi connectivity index (χ4n) is 3.18. The van der Waals surface area contributed by atoms with Crippen LogP contribution in [0.4, 0.5) is 0 Å². The number of benzene rings is 1. The molecule has 3 rings (SSSR count). The highest BCUT2D eigenvalue weighted by Gasteiger charge is 2.18. The van der Waals surface area contributed by atoms with E-state index in [1.54, 1.807) is 0 Å². The topological polar surface area (TPSA) is 24.5 Å². The first-order valence-electron chi connectivity index (χ1n) is 7.49. The Morgan fingerprint density at radius 1 is 1.40 bits per heavy atom. The molecule has 3 nitrogen and oxygen atoms in total. The maximum absolute atomic E-state index is 5.56. The van der Waals surface area contributed by atoms with E-state index in [0.29, 0.717) is 6.04 Å². The lowest BCUT2D eigenvalue weighted by molar-refractivity contribution is 0.197. The van der Waals surface area contributed by atoms with E-state index in [2.05, 4.69) is 35.5 Å². The SMILES string of the molecule is CNC1CCCN(CCc2ccc3c(c2)CCO3)C1.Cl. The van der Waals surface area contributed by atoms with Gasteiger partial charge < -0.3 is 15.0 Å². The van der Waals surface area contributed by atoms with Gasteiger partial charge in [0, 0.05) is 25.6 Å². The van der Waals surface area contributed by atoms with Gasteiger partial charge in [0.05, 0.1) is 6.61 Å². The quantitative estimate of drug-likeness (QED) is 0.922. The first kappa shape index (κ1) is 15.6. The van der Waals surface area contributed by atoms with Gasteiger partial charge in [-0.25, -0.2) is 0 Å². The summed E-state index contributed by atoms with van der Waals surface area (Å²) in [6, 6.07) is 7.39. The lowest BCUT2D eigenvalue weighted by Crippen LogP contribution is -2.44. The summed E-state index contributed by atoms with van der Waals surface area (Å²) in [6.45, 7) is 4.49. The van der Waals surface area contributed by atoms with Gasteiger partial charge in [-0.15, -0.1) is 12.4 Å². The van der Waals surface area contributed by atoms with Gasteiger partial charge in [0.25, 0.3) is 0 Å². The zero-order chi connectivity index (χ0) is 13.1. The zero-order valence-corrected chi connectivity index (χ0v) is 13.0. The molecule has 1 N–H and O–H groups in total. The molecule has 0 aliphatic carbocycles. The van der Waals surface area contributed by atoms with Crippen molar-refractivity contribution in [1.82, 2.24) is 10.2 Å². The fraction of sp³-hybridized carbons (Fsp3) is 0.625. The Hall–Kier alpha value is -0.770. The van der Waals surface area contributed by atoms with Crippen LogP contribution < -0.4 is 10.1 Å². The molecule has 0 bridgehead atoms. The van der Waals surface area contributed by atoms with Crippen molar-refractivity contribution in [3.05, 3.63) is 29.3 Å². The van der Waals surface area contributed by atoms with E-state index in [1.807, 2.05) is 0 Å². The van der Waals surface area contributed by atoms with Crippen LogP contribution in [0.15, 0.2) is 18.2 Å². The van der Waals surface area contributed by atoms with Crippen LogP contribution in [0.1, 0.15) is 24.0 Å². The molecule has 1 atom stereocenters.